The number of hydrogen-bond donors (Lipinski definition) is 4. The van der Waals surface area contributed by atoms with Gasteiger partial charge in [-0.3, -0.25) is 14.5 Å². The summed E-state index contributed by atoms with van der Waals surface area (Å²) in [5.74, 6) is -2.19. The normalized spacial score (nSPS) is 19.8. The van der Waals surface area contributed by atoms with Gasteiger partial charge in [-0.15, -0.1) is 11.8 Å². The van der Waals surface area contributed by atoms with Crippen LogP contribution in [-0.2, 0) is 32.4 Å². The average Bonchev–Trinajstić information content (AvgIpc) is 3.28. The number of amides is 2. The lowest BCUT2D eigenvalue weighted by molar-refractivity contribution is -0.689. The zero-order chi connectivity index (χ0) is 25.1. The van der Waals surface area contributed by atoms with Crippen LogP contribution in [0.15, 0.2) is 41.0 Å². The molecule has 0 saturated carbocycles. The molecule has 4 rings (SSSR count). The molecule has 13 nitrogen and oxygen atoms in total. The van der Waals surface area contributed by atoms with Gasteiger partial charge in [-0.2, -0.15) is 9.36 Å². The molecule has 0 aliphatic carbocycles. The lowest BCUT2D eigenvalue weighted by Crippen LogP contribution is -2.71. The Hall–Kier alpha value is -3.56. The number of nitrogens with two attached hydrogens (primary N) is 1. The Morgan fingerprint density at radius 2 is 2.14 bits per heavy atom. The van der Waals surface area contributed by atoms with E-state index in [-0.39, 0.29) is 42.1 Å². The van der Waals surface area contributed by atoms with Gasteiger partial charge in [0.2, 0.25) is 11.5 Å². The van der Waals surface area contributed by atoms with Crippen molar-refractivity contribution in [3.63, 3.8) is 0 Å². The van der Waals surface area contributed by atoms with Gasteiger partial charge in [0, 0.05) is 35.0 Å². The van der Waals surface area contributed by atoms with E-state index in [0.29, 0.717) is 11.3 Å². The summed E-state index contributed by atoms with van der Waals surface area (Å²) >= 11 is 2.23. The number of carbonyl (C=O) groups excluding carboxylic acids is 2. The third kappa shape index (κ3) is 4.96. The second-order valence-electron chi connectivity index (χ2n) is 7.47. The summed E-state index contributed by atoms with van der Waals surface area (Å²) < 4.78 is 5.74. The Kier molecular flexibility index (Phi) is 7.28. The highest BCUT2D eigenvalue weighted by Gasteiger charge is 2.54. The third-order valence-electron chi connectivity index (χ3n) is 5.21. The molecule has 0 bridgehead atoms. The van der Waals surface area contributed by atoms with Gasteiger partial charge in [0.1, 0.15) is 23.7 Å². The number of thioether (sulfide) groups is 1. The van der Waals surface area contributed by atoms with Gasteiger partial charge in [-0.25, -0.2) is 9.36 Å². The van der Waals surface area contributed by atoms with Crippen molar-refractivity contribution in [2.45, 2.75) is 31.5 Å². The minimum Gasteiger partial charge on any atom is -0.477 e. The molecule has 2 aromatic heterocycles. The van der Waals surface area contributed by atoms with Crippen LogP contribution in [0.5, 0.6) is 0 Å². The fourth-order valence-corrected chi connectivity index (χ4v) is 5.35. The second-order valence-corrected chi connectivity index (χ2v) is 9.36. The van der Waals surface area contributed by atoms with E-state index in [0.717, 1.165) is 17.1 Å². The quantitative estimate of drug-likeness (QED) is 0.139. The van der Waals surface area contributed by atoms with Gasteiger partial charge in [-0.1, -0.05) is 5.16 Å². The summed E-state index contributed by atoms with van der Waals surface area (Å²) in [4.78, 5) is 48.0. The minimum atomic E-state index is -1.23. The Bertz CT molecular complexity index is 1210. The van der Waals surface area contributed by atoms with E-state index < -0.39 is 29.2 Å². The van der Waals surface area contributed by atoms with Crippen LogP contribution in [0.2, 0.25) is 0 Å². The Morgan fingerprint density at radius 3 is 2.74 bits per heavy atom. The summed E-state index contributed by atoms with van der Waals surface area (Å²) in [7, 11) is 0. The van der Waals surface area contributed by atoms with Crippen molar-refractivity contribution in [1.82, 2.24) is 19.6 Å². The number of carboxylic acid groups (broad SMARTS) is 1. The van der Waals surface area contributed by atoms with Crippen LogP contribution in [0.1, 0.15) is 18.3 Å². The Balaban J connectivity index is 1.52. The minimum absolute atomic E-state index is 0.0315. The topological polar surface area (TPSA) is 184 Å². The van der Waals surface area contributed by atoms with Gasteiger partial charge >= 0.3 is 5.97 Å². The number of rotatable bonds is 9. The summed E-state index contributed by atoms with van der Waals surface area (Å²) in [5, 5.41) is 25.0. The van der Waals surface area contributed by atoms with Crippen LogP contribution < -0.4 is 15.6 Å². The monoisotopic (exact) mass is 520 g/mol. The smallest absolute Gasteiger partial charge is 0.352 e. The molecule has 2 atom stereocenters. The van der Waals surface area contributed by atoms with Crippen LogP contribution in [0, 0.1) is 0 Å². The molecule has 2 aromatic rings. The van der Waals surface area contributed by atoms with Crippen LogP contribution in [0.25, 0.3) is 0 Å². The summed E-state index contributed by atoms with van der Waals surface area (Å²) in [6.45, 7) is 2.04. The predicted molar refractivity (Wildman–Crippen MR) is 125 cm³/mol. The summed E-state index contributed by atoms with van der Waals surface area (Å²) in [5.41, 5.74) is 6.55. The van der Waals surface area contributed by atoms with Crippen molar-refractivity contribution in [1.29, 1.82) is 0 Å². The number of nitrogens with zero attached hydrogens (tertiary/aromatic N) is 5. The van der Waals surface area contributed by atoms with Crippen molar-refractivity contribution in [2.75, 3.05) is 18.1 Å². The van der Waals surface area contributed by atoms with Crippen molar-refractivity contribution in [3.8, 4) is 0 Å². The maximum absolute atomic E-state index is 13.0. The molecule has 2 amide bonds. The molecule has 15 heteroatoms. The zero-order valence-corrected chi connectivity index (χ0v) is 20.1. The molecule has 2 aliphatic heterocycles. The average molecular weight is 521 g/mol. The number of hydrogen-bond acceptors (Lipinski definition) is 11. The van der Waals surface area contributed by atoms with E-state index in [1.165, 1.54) is 16.7 Å². The van der Waals surface area contributed by atoms with E-state index in [2.05, 4.69) is 19.8 Å². The van der Waals surface area contributed by atoms with Crippen molar-refractivity contribution < 1.29 is 34.0 Å². The number of aliphatic hydroxyl groups excluding tert-OH is 1. The maximum Gasteiger partial charge on any atom is 0.352 e. The molecule has 1 saturated heterocycles. The Morgan fingerprint density at radius 1 is 1.40 bits per heavy atom. The first-order valence-corrected chi connectivity index (χ1v) is 12.3. The van der Waals surface area contributed by atoms with E-state index in [1.54, 1.807) is 36.0 Å². The van der Waals surface area contributed by atoms with Gasteiger partial charge in [0.25, 0.3) is 11.8 Å². The first-order chi connectivity index (χ1) is 16.8. The van der Waals surface area contributed by atoms with Crippen molar-refractivity contribution in [2.24, 2.45) is 5.16 Å². The highest BCUT2D eigenvalue weighted by molar-refractivity contribution is 8.00. The molecule has 5 N–H and O–H groups in total. The molecule has 0 radical (unpaired) electrons. The fraction of sp³-hybridized carbons (Fsp3) is 0.350. The fourth-order valence-electron chi connectivity index (χ4n) is 3.58. The number of oxime groups is 1. The number of nitrogen functional groups attached to an aromatic ring is 1. The molecule has 1 fully saturated rings. The SMILES string of the molecule is CCO/N=C(\C(=O)NC1C(=O)N2C(C(=O)O)=C(C[n+]3ccc(CO)cc3)CS[C@H]12)c1nsc(N)n1. The van der Waals surface area contributed by atoms with Gasteiger partial charge < -0.3 is 26.1 Å². The molecule has 4 heterocycles. The number of fused-ring (bicyclic) bond motifs is 1. The van der Waals surface area contributed by atoms with E-state index in [4.69, 9.17) is 10.6 Å². The maximum atomic E-state index is 13.0. The van der Waals surface area contributed by atoms with Gasteiger partial charge in [0.15, 0.2) is 24.1 Å². The van der Waals surface area contributed by atoms with E-state index >= 15 is 0 Å². The second kappa shape index (κ2) is 10.4. The van der Waals surface area contributed by atoms with Gasteiger partial charge in [-0.05, 0) is 12.5 Å². The lowest BCUT2D eigenvalue weighted by Gasteiger charge is -2.49. The first-order valence-electron chi connectivity index (χ1n) is 10.4. The zero-order valence-electron chi connectivity index (χ0n) is 18.4. The van der Waals surface area contributed by atoms with E-state index in [9.17, 15) is 24.6 Å². The number of carbonyl (C=O) groups is 3. The molecular weight excluding hydrogens is 498 g/mol. The standard InChI is InChI=1S/C20H21N7O6S2/c1-2-33-24-12(15-23-20(21)35-25-15)16(29)22-13-17(30)27-14(19(31)32)11(9-34-18(13)27)7-26-5-3-10(8-28)4-6-26/h3-6,13,18,28H,2,7-9H2,1H3,(H3-,21,22,23,25,29,31,32)/p+1/b24-12-/t13?,18-/m1/s1. The molecule has 35 heavy (non-hydrogen) atoms. The largest absolute Gasteiger partial charge is 0.477 e. The molecule has 2 aliphatic rings. The molecule has 184 valence electrons. The number of aromatic nitrogens is 3. The summed E-state index contributed by atoms with van der Waals surface area (Å²) in [6.07, 6.45) is 3.46. The van der Waals surface area contributed by atoms with Crippen molar-refractivity contribution in [3.05, 3.63) is 47.2 Å². The van der Waals surface area contributed by atoms with Crippen molar-refractivity contribution >= 4 is 51.9 Å². The van der Waals surface area contributed by atoms with Gasteiger partial charge in [0.05, 0.1) is 6.61 Å². The number of aliphatic hydroxyl groups is 1. The first kappa shape index (κ1) is 24.6. The van der Waals surface area contributed by atoms with Crippen LogP contribution in [0.3, 0.4) is 0 Å². The number of β-lactam (4-membered cyclic amide) rings is 1. The van der Waals surface area contributed by atoms with E-state index in [1.807, 2.05) is 0 Å². The molecular formula is C20H22N7O6S2+. The molecule has 0 aromatic carbocycles. The lowest BCUT2D eigenvalue weighted by atomic mass is 10.0. The predicted octanol–water partition coefficient (Wildman–Crippen LogP) is -0.920. The number of pyridine rings is 1. The number of nitrogens with one attached hydrogen (secondary N) is 1. The van der Waals surface area contributed by atoms with Crippen LogP contribution >= 0.6 is 23.3 Å². The Labute approximate surface area is 207 Å². The number of anilines is 1. The number of carboxylic acids is 1. The molecule has 1 unspecified atom stereocenters. The van der Waals surface area contributed by atoms with Crippen LogP contribution in [0.4, 0.5) is 5.13 Å². The van der Waals surface area contributed by atoms with Crippen LogP contribution in [-0.4, -0.2) is 71.7 Å². The highest BCUT2D eigenvalue weighted by atomic mass is 32.2. The summed E-state index contributed by atoms with van der Waals surface area (Å²) in [6, 6.07) is 2.50. The number of aliphatic carboxylic acids is 1. The third-order valence-corrected chi connectivity index (χ3v) is 7.09. The highest BCUT2D eigenvalue weighted by Crippen LogP contribution is 2.40. The molecule has 0 spiro atoms.